The van der Waals surface area contributed by atoms with Crippen molar-refractivity contribution < 1.29 is 18.1 Å². The molecule has 2 aliphatic rings. The summed E-state index contributed by atoms with van der Waals surface area (Å²) >= 11 is 0. The molecule has 0 unspecified atom stereocenters. The fraction of sp³-hybridized carbons (Fsp3) is 0.562. The van der Waals surface area contributed by atoms with E-state index in [1.54, 1.807) is 19.1 Å². The van der Waals surface area contributed by atoms with Crippen molar-refractivity contribution in [3.63, 3.8) is 0 Å². The number of benzene rings is 1. The zero-order valence-corrected chi connectivity index (χ0v) is 14.8. The highest BCUT2D eigenvalue weighted by Gasteiger charge is 2.53. The van der Waals surface area contributed by atoms with E-state index in [1.807, 2.05) is 0 Å². The molecule has 1 aromatic carbocycles. The van der Waals surface area contributed by atoms with Crippen LogP contribution in [0.15, 0.2) is 23.1 Å². The fourth-order valence-electron chi connectivity index (χ4n) is 3.13. The molecule has 1 saturated heterocycles. The van der Waals surface area contributed by atoms with Gasteiger partial charge in [-0.05, 0) is 37.5 Å². The van der Waals surface area contributed by atoms with E-state index in [0.29, 0.717) is 24.3 Å². The Kier molecular flexibility index (Phi) is 4.79. The first-order valence-corrected chi connectivity index (χ1v) is 9.80. The first-order valence-electron chi connectivity index (χ1n) is 8.36. The van der Waals surface area contributed by atoms with Crippen molar-refractivity contribution in [1.29, 1.82) is 0 Å². The maximum absolute atomic E-state index is 12.9. The predicted molar refractivity (Wildman–Crippen MR) is 91.3 cm³/mol. The highest BCUT2D eigenvalue weighted by Crippen LogP contribution is 2.34. The molecule has 1 aliphatic carbocycles. The summed E-state index contributed by atoms with van der Waals surface area (Å²) in [6.07, 6.45) is 2.95. The Labute approximate surface area is 146 Å². The lowest BCUT2D eigenvalue weighted by molar-refractivity contribution is -0.497. The van der Waals surface area contributed by atoms with Crippen LogP contribution < -0.4 is 5.32 Å². The summed E-state index contributed by atoms with van der Waals surface area (Å²) in [5.74, 6) is -1.08. The molecular formula is C16H21N3O5S. The Morgan fingerprint density at radius 3 is 2.56 bits per heavy atom. The van der Waals surface area contributed by atoms with E-state index in [9.17, 15) is 23.3 Å². The highest BCUT2D eigenvalue weighted by atomic mass is 32.2. The topological polar surface area (TPSA) is 110 Å². The molecule has 25 heavy (non-hydrogen) atoms. The first-order chi connectivity index (χ1) is 11.8. The van der Waals surface area contributed by atoms with Crippen molar-refractivity contribution in [2.24, 2.45) is 5.92 Å². The number of piperidine rings is 1. The Balaban J connectivity index is 1.79. The Hall–Kier alpha value is -2.00. The van der Waals surface area contributed by atoms with Crippen molar-refractivity contribution in [3.8, 4) is 0 Å². The van der Waals surface area contributed by atoms with Crippen molar-refractivity contribution in [2.45, 2.75) is 43.5 Å². The molecule has 0 bridgehead atoms. The van der Waals surface area contributed by atoms with Crippen molar-refractivity contribution in [2.75, 3.05) is 18.4 Å². The second-order valence-electron chi connectivity index (χ2n) is 6.63. The lowest BCUT2D eigenvalue weighted by Gasteiger charge is -2.26. The predicted octanol–water partition coefficient (Wildman–Crippen LogP) is 1.77. The molecule has 1 aliphatic heterocycles. The molecule has 1 N–H and O–H groups in total. The monoisotopic (exact) mass is 367 g/mol. The maximum Gasteiger partial charge on any atom is 0.243 e. The summed E-state index contributed by atoms with van der Waals surface area (Å²) in [6.45, 7) is 2.72. The average Bonchev–Trinajstić information content (AvgIpc) is 3.38. The SMILES string of the molecule is Cc1ccc(NC(=O)[C@H]2C[C@H]2[N+](=O)[O-])cc1S(=O)(=O)N1CCCCC1. The Morgan fingerprint density at radius 1 is 1.28 bits per heavy atom. The maximum atomic E-state index is 12.9. The first kappa shape index (κ1) is 17.8. The molecule has 3 rings (SSSR count). The summed E-state index contributed by atoms with van der Waals surface area (Å²) in [5, 5.41) is 13.3. The quantitative estimate of drug-likeness (QED) is 0.630. The molecule has 136 valence electrons. The van der Waals surface area contributed by atoms with Crippen molar-refractivity contribution >= 4 is 21.6 Å². The summed E-state index contributed by atoms with van der Waals surface area (Å²) in [7, 11) is -3.61. The van der Waals surface area contributed by atoms with E-state index in [4.69, 9.17) is 0 Å². The van der Waals surface area contributed by atoms with Crippen LogP contribution in [-0.4, -0.2) is 42.7 Å². The number of hydrogen-bond donors (Lipinski definition) is 1. The van der Waals surface area contributed by atoms with Gasteiger partial charge in [-0.1, -0.05) is 12.5 Å². The number of nitrogens with one attached hydrogen (secondary N) is 1. The molecule has 8 nitrogen and oxygen atoms in total. The molecule has 2 fully saturated rings. The number of sulfonamides is 1. The van der Waals surface area contributed by atoms with E-state index >= 15 is 0 Å². The molecule has 1 heterocycles. The number of anilines is 1. The summed E-state index contributed by atoms with van der Waals surface area (Å²) in [6, 6.07) is 3.87. The van der Waals surface area contributed by atoms with Gasteiger partial charge in [0, 0.05) is 30.1 Å². The molecule has 0 radical (unpaired) electrons. The number of carbonyl (C=O) groups is 1. The standard InChI is InChI=1S/C16H21N3O5S/c1-11-5-6-12(17-16(20)13-10-14(13)19(21)22)9-15(11)25(23,24)18-7-3-2-4-8-18/h5-6,9,13-14H,2-4,7-8,10H2,1H3,(H,17,20)/t13-,14+/m0/s1. The Morgan fingerprint density at radius 2 is 1.96 bits per heavy atom. The minimum Gasteiger partial charge on any atom is -0.326 e. The van der Waals surface area contributed by atoms with Crippen molar-refractivity contribution in [1.82, 2.24) is 4.31 Å². The minimum atomic E-state index is -3.61. The van der Waals surface area contributed by atoms with E-state index in [2.05, 4.69) is 5.32 Å². The van der Waals surface area contributed by atoms with Crippen LogP contribution in [0.5, 0.6) is 0 Å². The molecule has 1 aromatic rings. The van der Waals surface area contributed by atoms with Crippen LogP contribution in [0.3, 0.4) is 0 Å². The Bertz CT molecular complexity index is 802. The number of nitrogens with zero attached hydrogens (tertiary/aromatic N) is 2. The molecule has 1 amide bonds. The van der Waals surface area contributed by atoms with Gasteiger partial charge in [-0.15, -0.1) is 0 Å². The molecule has 0 spiro atoms. The van der Waals surface area contributed by atoms with Crippen LogP contribution >= 0.6 is 0 Å². The third kappa shape index (κ3) is 3.67. The summed E-state index contributed by atoms with van der Waals surface area (Å²) < 4.78 is 27.2. The highest BCUT2D eigenvalue weighted by molar-refractivity contribution is 7.89. The van der Waals surface area contributed by atoms with Crippen molar-refractivity contribution in [3.05, 3.63) is 33.9 Å². The average molecular weight is 367 g/mol. The van der Waals surface area contributed by atoms with E-state index < -0.39 is 32.8 Å². The number of hydrogen-bond acceptors (Lipinski definition) is 5. The summed E-state index contributed by atoms with van der Waals surface area (Å²) in [5.41, 5.74) is 0.957. The van der Waals surface area contributed by atoms with Gasteiger partial charge in [0.2, 0.25) is 22.0 Å². The van der Waals surface area contributed by atoms with Gasteiger partial charge in [-0.2, -0.15) is 4.31 Å². The third-order valence-electron chi connectivity index (χ3n) is 4.75. The summed E-state index contributed by atoms with van der Waals surface area (Å²) in [4.78, 5) is 22.5. The second kappa shape index (κ2) is 6.72. The normalized spacial score (nSPS) is 23.9. The minimum absolute atomic E-state index is 0.175. The van der Waals surface area contributed by atoms with Crippen LogP contribution in [-0.2, 0) is 14.8 Å². The number of nitro groups is 1. The van der Waals surface area contributed by atoms with Crippen LogP contribution in [0, 0.1) is 23.0 Å². The van der Waals surface area contributed by atoms with Gasteiger partial charge in [0.25, 0.3) is 0 Å². The lowest BCUT2D eigenvalue weighted by atomic mass is 10.2. The largest absolute Gasteiger partial charge is 0.326 e. The lowest BCUT2D eigenvalue weighted by Crippen LogP contribution is -2.36. The van der Waals surface area contributed by atoms with Gasteiger partial charge >= 0.3 is 0 Å². The van der Waals surface area contributed by atoms with Gasteiger partial charge in [0.15, 0.2) is 0 Å². The number of carbonyl (C=O) groups excluding carboxylic acids is 1. The fourth-order valence-corrected chi connectivity index (χ4v) is 4.90. The zero-order valence-electron chi connectivity index (χ0n) is 14.0. The van der Waals surface area contributed by atoms with Gasteiger partial charge in [-0.25, -0.2) is 8.42 Å². The van der Waals surface area contributed by atoms with Crippen LogP contribution in [0.25, 0.3) is 0 Å². The van der Waals surface area contributed by atoms with Gasteiger partial charge in [0.05, 0.1) is 4.90 Å². The second-order valence-corrected chi connectivity index (χ2v) is 8.54. The zero-order chi connectivity index (χ0) is 18.2. The third-order valence-corrected chi connectivity index (χ3v) is 6.79. The van der Waals surface area contributed by atoms with Gasteiger partial charge in [0.1, 0.15) is 5.92 Å². The molecule has 0 aromatic heterocycles. The van der Waals surface area contributed by atoms with E-state index in [0.717, 1.165) is 19.3 Å². The van der Waals surface area contributed by atoms with Crippen LogP contribution in [0.4, 0.5) is 5.69 Å². The van der Waals surface area contributed by atoms with Crippen LogP contribution in [0.1, 0.15) is 31.2 Å². The molecule has 2 atom stereocenters. The number of aryl methyl sites for hydroxylation is 1. The molecule has 1 saturated carbocycles. The van der Waals surface area contributed by atoms with E-state index in [1.165, 1.54) is 10.4 Å². The smallest absolute Gasteiger partial charge is 0.243 e. The van der Waals surface area contributed by atoms with Gasteiger partial charge in [-0.3, -0.25) is 14.9 Å². The number of rotatable bonds is 5. The molecule has 9 heteroatoms. The van der Waals surface area contributed by atoms with Gasteiger partial charge < -0.3 is 5.32 Å². The number of amides is 1. The van der Waals surface area contributed by atoms with Crippen LogP contribution in [0.2, 0.25) is 0 Å². The van der Waals surface area contributed by atoms with E-state index in [-0.39, 0.29) is 11.3 Å². The molecular weight excluding hydrogens is 346 g/mol.